The molecule has 0 atom stereocenters. The van der Waals surface area contributed by atoms with Gasteiger partial charge >= 0.3 is 0 Å². The largest absolute Gasteiger partial charge is 0.504 e. The molecule has 0 aliphatic carbocycles. The number of anilines is 1. The Balaban J connectivity index is 1.74. The second kappa shape index (κ2) is 10.9. The number of nitrogens with two attached hydrogens (primary N) is 1. The van der Waals surface area contributed by atoms with Gasteiger partial charge in [0, 0.05) is 24.8 Å². The summed E-state index contributed by atoms with van der Waals surface area (Å²) in [4.78, 5) is 14.8. The summed E-state index contributed by atoms with van der Waals surface area (Å²) in [6.45, 7) is 3.55. The van der Waals surface area contributed by atoms with E-state index < -0.39 is 11.2 Å². The molecule has 3 rings (SSSR count). The fraction of sp³-hybridized carbons (Fsp3) is 0.375. The highest BCUT2D eigenvalue weighted by atomic mass is 16.5. The molecule has 5 N–H and O–H groups in total. The third kappa shape index (κ3) is 5.15. The Kier molecular flexibility index (Phi) is 7.97. The van der Waals surface area contributed by atoms with Gasteiger partial charge in [0.1, 0.15) is 0 Å². The van der Waals surface area contributed by atoms with E-state index in [9.17, 15) is 15.0 Å². The standard InChI is InChI=1S/C24H31N3O5/c1-27(15-4-3-13-26-14-5-12-25)17-8-6-16(7-9-17)22-21(30)20(29)18-10-11-19(28)24(31-2)23(18)32-22/h6-11,26,28,30H,3-5,12-15,25H2,1-2H3. The molecule has 0 spiro atoms. The molecule has 3 aromatic rings. The van der Waals surface area contributed by atoms with Gasteiger partial charge in [0.2, 0.25) is 16.9 Å². The van der Waals surface area contributed by atoms with Gasteiger partial charge in [0.15, 0.2) is 17.1 Å². The predicted octanol–water partition coefficient (Wildman–Crippen LogP) is 3.03. The summed E-state index contributed by atoms with van der Waals surface area (Å²) in [5.41, 5.74) is 6.56. The number of hydrogen-bond donors (Lipinski definition) is 4. The van der Waals surface area contributed by atoms with E-state index in [-0.39, 0.29) is 28.2 Å². The van der Waals surface area contributed by atoms with Crippen LogP contribution in [0.3, 0.4) is 0 Å². The Morgan fingerprint density at radius 3 is 2.47 bits per heavy atom. The van der Waals surface area contributed by atoms with Crippen LogP contribution in [0.25, 0.3) is 22.3 Å². The number of nitrogens with zero attached hydrogens (tertiary/aromatic N) is 1. The highest BCUT2D eigenvalue weighted by molar-refractivity contribution is 5.88. The average molecular weight is 442 g/mol. The highest BCUT2D eigenvalue weighted by Gasteiger charge is 2.20. The zero-order valence-electron chi connectivity index (χ0n) is 18.6. The Hall–Kier alpha value is -3.23. The molecule has 0 fully saturated rings. The van der Waals surface area contributed by atoms with Crippen molar-refractivity contribution in [1.82, 2.24) is 5.32 Å². The van der Waals surface area contributed by atoms with Gasteiger partial charge in [-0.1, -0.05) is 0 Å². The van der Waals surface area contributed by atoms with E-state index >= 15 is 0 Å². The number of methoxy groups -OCH3 is 1. The van der Waals surface area contributed by atoms with Crippen molar-refractivity contribution in [3.05, 3.63) is 46.6 Å². The van der Waals surface area contributed by atoms with Crippen molar-refractivity contribution in [2.75, 3.05) is 45.2 Å². The fourth-order valence-corrected chi connectivity index (χ4v) is 3.55. The highest BCUT2D eigenvalue weighted by Crippen LogP contribution is 2.38. The van der Waals surface area contributed by atoms with E-state index in [4.69, 9.17) is 14.9 Å². The second-order valence-electron chi connectivity index (χ2n) is 7.67. The molecule has 0 aliphatic rings. The molecule has 0 bridgehead atoms. The van der Waals surface area contributed by atoms with Crippen molar-refractivity contribution < 1.29 is 19.4 Å². The summed E-state index contributed by atoms with van der Waals surface area (Å²) >= 11 is 0. The van der Waals surface area contributed by atoms with E-state index in [0.29, 0.717) is 12.1 Å². The molecule has 0 aliphatic heterocycles. The molecule has 0 amide bonds. The van der Waals surface area contributed by atoms with Crippen molar-refractivity contribution in [3.63, 3.8) is 0 Å². The summed E-state index contributed by atoms with van der Waals surface area (Å²) in [5.74, 6) is -0.543. The number of phenolic OH excluding ortho intramolecular Hbond substituents is 1. The first-order valence-electron chi connectivity index (χ1n) is 10.8. The topological polar surface area (TPSA) is 121 Å². The van der Waals surface area contributed by atoms with Crippen LogP contribution in [0.15, 0.2) is 45.6 Å². The number of nitrogens with one attached hydrogen (secondary N) is 1. The Morgan fingerprint density at radius 2 is 1.78 bits per heavy atom. The fourth-order valence-electron chi connectivity index (χ4n) is 3.55. The van der Waals surface area contributed by atoms with Gasteiger partial charge in [-0.05, 0) is 75.3 Å². The van der Waals surface area contributed by atoms with E-state index in [0.717, 1.165) is 44.6 Å². The minimum Gasteiger partial charge on any atom is -0.504 e. The number of hydrogen-bond acceptors (Lipinski definition) is 8. The first-order valence-corrected chi connectivity index (χ1v) is 10.8. The lowest BCUT2D eigenvalue weighted by atomic mass is 10.1. The van der Waals surface area contributed by atoms with Crippen LogP contribution >= 0.6 is 0 Å². The van der Waals surface area contributed by atoms with Crippen molar-refractivity contribution in [3.8, 4) is 28.6 Å². The lowest BCUT2D eigenvalue weighted by Gasteiger charge is -2.19. The summed E-state index contributed by atoms with van der Waals surface area (Å²) in [6.07, 6.45) is 3.13. The number of rotatable bonds is 11. The number of fused-ring (bicyclic) bond motifs is 1. The van der Waals surface area contributed by atoms with Crippen molar-refractivity contribution >= 4 is 16.7 Å². The van der Waals surface area contributed by atoms with Gasteiger partial charge in [-0.15, -0.1) is 0 Å². The molecule has 1 heterocycles. The van der Waals surface area contributed by atoms with Crippen LogP contribution in [-0.4, -0.2) is 50.5 Å². The van der Waals surface area contributed by atoms with Crippen LogP contribution < -0.4 is 26.1 Å². The van der Waals surface area contributed by atoms with E-state index in [1.165, 1.54) is 19.2 Å². The Morgan fingerprint density at radius 1 is 1.06 bits per heavy atom. The summed E-state index contributed by atoms with van der Waals surface area (Å²) in [5, 5.41) is 24.0. The molecule has 0 unspecified atom stereocenters. The van der Waals surface area contributed by atoms with Gasteiger partial charge in [-0.3, -0.25) is 4.79 Å². The van der Waals surface area contributed by atoms with Gasteiger partial charge in [0.25, 0.3) is 0 Å². The van der Waals surface area contributed by atoms with Crippen molar-refractivity contribution in [2.24, 2.45) is 5.73 Å². The molecule has 1 aromatic heterocycles. The maximum Gasteiger partial charge on any atom is 0.235 e. The molecule has 0 saturated heterocycles. The third-order valence-electron chi connectivity index (χ3n) is 5.40. The van der Waals surface area contributed by atoms with Gasteiger partial charge in [-0.25, -0.2) is 0 Å². The Bertz CT molecular complexity index is 1100. The average Bonchev–Trinajstić information content (AvgIpc) is 2.80. The summed E-state index contributed by atoms with van der Waals surface area (Å²) in [7, 11) is 3.40. The third-order valence-corrected chi connectivity index (χ3v) is 5.40. The zero-order chi connectivity index (χ0) is 23.1. The van der Waals surface area contributed by atoms with E-state index in [1.807, 2.05) is 19.2 Å². The van der Waals surface area contributed by atoms with Gasteiger partial charge in [0.05, 0.1) is 12.5 Å². The molecular weight excluding hydrogens is 410 g/mol. The molecule has 0 radical (unpaired) electrons. The van der Waals surface area contributed by atoms with E-state index in [1.54, 1.807) is 12.1 Å². The molecule has 172 valence electrons. The minimum atomic E-state index is -0.583. The zero-order valence-corrected chi connectivity index (χ0v) is 18.6. The van der Waals surface area contributed by atoms with E-state index in [2.05, 4.69) is 10.2 Å². The molecule has 8 nitrogen and oxygen atoms in total. The van der Waals surface area contributed by atoms with Crippen LogP contribution in [0.2, 0.25) is 0 Å². The number of unbranched alkanes of at least 4 members (excludes halogenated alkanes) is 1. The molecule has 32 heavy (non-hydrogen) atoms. The lowest BCUT2D eigenvalue weighted by Crippen LogP contribution is -2.22. The van der Waals surface area contributed by atoms with Crippen LogP contribution in [0.1, 0.15) is 19.3 Å². The van der Waals surface area contributed by atoms with Crippen molar-refractivity contribution in [1.29, 1.82) is 0 Å². The summed E-state index contributed by atoms with van der Waals surface area (Å²) < 4.78 is 11.0. The summed E-state index contributed by atoms with van der Waals surface area (Å²) in [6, 6.07) is 10.1. The smallest absolute Gasteiger partial charge is 0.235 e. The monoisotopic (exact) mass is 441 g/mol. The first-order chi connectivity index (χ1) is 15.5. The Labute approximate surface area is 187 Å². The van der Waals surface area contributed by atoms with Crippen LogP contribution in [0, 0.1) is 0 Å². The van der Waals surface area contributed by atoms with Gasteiger partial charge in [-0.2, -0.15) is 0 Å². The molecular formula is C24H31N3O5. The van der Waals surface area contributed by atoms with Crippen molar-refractivity contribution in [2.45, 2.75) is 19.3 Å². The maximum absolute atomic E-state index is 12.6. The number of phenols is 1. The first kappa shape index (κ1) is 23.4. The molecule has 8 heteroatoms. The number of ether oxygens (including phenoxy) is 1. The normalized spacial score (nSPS) is 11.1. The lowest BCUT2D eigenvalue weighted by molar-refractivity contribution is 0.369. The SMILES string of the molecule is COc1c(O)ccc2c(=O)c(O)c(-c3ccc(N(C)CCCCNCCCN)cc3)oc12. The minimum absolute atomic E-state index is 0.0316. The van der Waals surface area contributed by atoms with Crippen LogP contribution in [0.4, 0.5) is 5.69 Å². The maximum atomic E-state index is 12.6. The molecule has 2 aromatic carbocycles. The predicted molar refractivity (Wildman–Crippen MR) is 127 cm³/mol. The number of aromatic hydroxyl groups is 2. The van der Waals surface area contributed by atoms with Crippen LogP contribution in [0.5, 0.6) is 17.2 Å². The van der Waals surface area contributed by atoms with Crippen LogP contribution in [-0.2, 0) is 0 Å². The quantitative estimate of drug-likeness (QED) is 0.335. The second-order valence-corrected chi connectivity index (χ2v) is 7.67. The molecule has 0 saturated carbocycles. The van der Waals surface area contributed by atoms with Gasteiger partial charge < -0.3 is 35.3 Å². The number of benzene rings is 2.